The van der Waals surface area contributed by atoms with Crippen molar-refractivity contribution in [3.8, 4) is 0 Å². The van der Waals surface area contributed by atoms with Gasteiger partial charge in [-0.2, -0.15) is 0 Å². The molecule has 4 nitrogen and oxygen atoms in total. The van der Waals surface area contributed by atoms with Crippen molar-refractivity contribution >= 4 is 28.5 Å². The van der Waals surface area contributed by atoms with Crippen LogP contribution in [0.25, 0.3) is 10.9 Å². The second-order valence-corrected chi connectivity index (χ2v) is 6.77. The number of hydrogen-bond acceptors (Lipinski definition) is 3. The minimum absolute atomic E-state index is 0.166. The number of hydrogen-bond donors (Lipinski definition) is 2. The summed E-state index contributed by atoms with van der Waals surface area (Å²) in [7, 11) is 0. The molecule has 0 saturated carbocycles. The van der Waals surface area contributed by atoms with E-state index in [0.717, 1.165) is 33.4 Å². The lowest BCUT2D eigenvalue weighted by atomic mass is 9.98. The number of H-pyrrole nitrogens is 1. The number of rotatable bonds is 4. The molecule has 4 aromatic rings. The van der Waals surface area contributed by atoms with Crippen LogP contribution in [0.5, 0.6) is 0 Å². The monoisotopic (exact) mass is 362 g/mol. The average molecular weight is 363 g/mol. The van der Waals surface area contributed by atoms with Crippen LogP contribution in [0.1, 0.15) is 28.6 Å². The Morgan fingerprint density at radius 1 is 0.923 bits per heavy atom. The lowest BCUT2D eigenvalue weighted by Crippen LogP contribution is -2.15. The van der Waals surface area contributed by atoms with Crippen molar-refractivity contribution in [1.29, 1.82) is 0 Å². The van der Waals surface area contributed by atoms with Gasteiger partial charge in [0.05, 0.1) is 6.04 Å². The van der Waals surface area contributed by atoms with Gasteiger partial charge >= 0.3 is 0 Å². The van der Waals surface area contributed by atoms with Crippen LogP contribution in [0.15, 0.2) is 60.8 Å². The minimum atomic E-state index is -0.166. The molecule has 0 aliphatic rings. The zero-order valence-electron chi connectivity index (χ0n) is 14.6. The van der Waals surface area contributed by atoms with E-state index < -0.39 is 0 Å². The molecule has 1 unspecified atom stereocenters. The molecule has 0 spiro atoms. The fraction of sp³-hybridized carbons (Fsp3) is 0.143. The van der Waals surface area contributed by atoms with E-state index in [1.807, 2.05) is 62.5 Å². The smallest absolute Gasteiger partial charge is 0.223 e. The van der Waals surface area contributed by atoms with Crippen LogP contribution < -0.4 is 5.32 Å². The van der Waals surface area contributed by atoms with Gasteiger partial charge in [0.25, 0.3) is 0 Å². The molecular formula is C21H19ClN4. The number of aryl methyl sites for hydroxylation is 2. The Morgan fingerprint density at radius 3 is 2.38 bits per heavy atom. The van der Waals surface area contributed by atoms with Crippen LogP contribution >= 0.6 is 11.6 Å². The Bertz CT molecular complexity index is 1050. The number of nitrogens with one attached hydrogen (secondary N) is 2. The molecule has 2 aromatic heterocycles. The van der Waals surface area contributed by atoms with Crippen molar-refractivity contribution in [3.05, 3.63) is 88.3 Å². The Kier molecular flexibility index (Phi) is 4.35. The Morgan fingerprint density at radius 2 is 1.62 bits per heavy atom. The third kappa shape index (κ3) is 3.16. The molecule has 0 bridgehead atoms. The number of nitrogens with zero attached hydrogens (tertiary/aromatic N) is 2. The highest BCUT2D eigenvalue weighted by molar-refractivity contribution is 6.31. The SMILES string of the molecule is Cc1cc(C)nc(NC(c2ccccc2Cl)c2c[nH]c3ccccc23)n1. The quantitative estimate of drug-likeness (QED) is 0.509. The van der Waals surface area contributed by atoms with E-state index in [-0.39, 0.29) is 6.04 Å². The summed E-state index contributed by atoms with van der Waals surface area (Å²) in [6.45, 7) is 3.94. The average Bonchev–Trinajstić information content (AvgIpc) is 3.03. The molecule has 0 fully saturated rings. The molecule has 130 valence electrons. The lowest BCUT2D eigenvalue weighted by molar-refractivity contribution is 0.903. The van der Waals surface area contributed by atoms with Crippen LogP contribution in [0.3, 0.4) is 0 Å². The molecule has 2 aromatic carbocycles. The maximum Gasteiger partial charge on any atom is 0.223 e. The number of para-hydroxylation sites is 1. The molecule has 4 rings (SSSR count). The van der Waals surface area contributed by atoms with Gasteiger partial charge in [0.2, 0.25) is 5.95 Å². The van der Waals surface area contributed by atoms with Gasteiger partial charge in [0.15, 0.2) is 0 Å². The standard InChI is InChI=1S/C21H19ClN4/c1-13-11-14(2)25-21(24-13)26-20(16-8-3-5-9-18(16)22)17-12-23-19-10-6-4-7-15(17)19/h3-12,20,23H,1-2H3,(H,24,25,26). The van der Waals surface area contributed by atoms with E-state index in [1.165, 1.54) is 0 Å². The fourth-order valence-electron chi connectivity index (χ4n) is 3.28. The molecule has 2 N–H and O–H groups in total. The Hall–Kier alpha value is -2.85. The molecule has 0 saturated heterocycles. The van der Waals surface area contributed by atoms with Crippen molar-refractivity contribution < 1.29 is 0 Å². The minimum Gasteiger partial charge on any atom is -0.361 e. The molecule has 0 aliphatic heterocycles. The topological polar surface area (TPSA) is 53.6 Å². The van der Waals surface area contributed by atoms with E-state index in [2.05, 4.69) is 32.4 Å². The highest BCUT2D eigenvalue weighted by Crippen LogP contribution is 2.34. The number of aromatic amines is 1. The first-order chi connectivity index (χ1) is 12.6. The van der Waals surface area contributed by atoms with E-state index >= 15 is 0 Å². The van der Waals surface area contributed by atoms with Crippen molar-refractivity contribution in [3.63, 3.8) is 0 Å². The number of fused-ring (bicyclic) bond motifs is 1. The van der Waals surface area contributed by atoms with Crippen LogP contribution in [0.4, 0.5) is 5.95 Å². The first kappa shape index (κ1) is 16.6. The van der Waals surface area contributed by atoms with E-state index in [9.17, 15) is 0 Å². The zero-order chi connectivity index (χ0) is 18.1. The van der Waals surface area contributed by atoms with Crippen LogP contribution in [0.2, 0.25) is 5.02 Å². The van der Waals surface area contributed by atoms with Crippen LogP contribution in [-0.2, 0) is 0 Å². The summed E-state index contributed by atoms with van der Waals surface area (Å²) in [5.41, 5.74) is 5.04. The van der Waals surface area contributed by atoms with E-state index in [4.69, 9.17) is 11.6 Å². The number of anilines is 1. The molecular weight excluding hydrogens is 344 g/mol. The summed E-state index contributed by atoms with van der Waals surface area (Å²) >= 11 is 6.52. The third-order valence-corrected chi connectivity index (χ3v) is 4.75. The number of aromatic nitrogens is 3. The van der Waals surface area contributed by atoms with Crippen molar-refractivity contribution in [2.24, 2.45) is 0 Å². The number of benzene rings is 2. The number of halogens is 1. The van der Waals surface area contributed by atoms with Crippen molar-refractivity contribution in [2.75, 3.05) is 5.32 Å². The van der Waals surface area contributed by atoms with Gasteiger partial charge in [-0.25, -0.2) is 9.97 Å². The van der Waals surface area contributed by atoms with Gasteiger partial charge < -0.3 is 10.3 Å². The van der Waals surface area contributed by atoms with Crippen LogP contribution in [-0.4, -0.2) is 15.0 Å². The third-order valence-electron chi connectivity index (χ3n) is 4.40. The van der Waals surface area contributed by atoms with Gasteiger partial charge in [-0.15, -0.1) is 0 Å². The van der Waals surface area contributed by atoms with Gasteiger partial charge in [0.1, 0.15) is 0 Å². The van der Waals surface area contributed by atoms with Gasteiger partial charge in [-0.1, -0.05) is 48.0 Å². The Balaban J connectivity index is 1.86. The molecule has 0 amide bonds. The molecule has 2 heterocycles. The van der Waals surface area contributed by atoms with Crippen molar-refractivity contribution in [1.82, 2.24) is 15.0 Å². The first-order valence-corrected chi connectivity index (χ1v) is 8.89. The lowest BCUT2D eigenvalue weighted by Gasteiger charge is -2.20. The summed E-state index contributed by atoms with van der Waals surface area (Å²) in [6, 6.07) is 17.9. The van der Waals surface area contributed by atoms with E-state index in [0.29, 0.717) is 11.0 Å². The summed E-state index contributed by atoms with van der Waals surface area (Å²) in [5.74, 6) is 0.595. The Labute approximate surface area is 157 Å². The van der Waals surface area contributed by atoms with Crippen molar-refractivity contribution in [2.45, 2.75) is 19.9 Å². The highest BCUT2D eigenvalue weighted by Gasteiger charge is 2.21. The second kappa shape index (κ2) is 6.81. The van der Waals surface area contributed by atoms with E-state index in [1.54, 1.807) is 0 Å². The van der Waals surface area contributed by atoms with Gasteiger partial charge in [-0.05, 0) is 37.6 Å². The fourth-order valence-corrected chi connectivity index (χ4v) is 3.53. The molecule has 1 atom stereocenters. The van der Waals surface area contributed by atoms with Gasteiger partial charge in [-0.3, -0.25) is 0 Å². The molecule has 26 heavy (non-hydrogen) atoms. The van der Waals surface area contributed by atoms with Crippen LogP contribution in [0, 0.1) is 13.8 Å². The zero-order valence-corrected chi connectivity index (χ0v) is 15.4. The first-order valence-electron chi connectivity index (χ1n) is 8.51. The molecule has 0 aliphatic carbocycles. The summed E-state index contributed by atoms with van der Waals surface area (Å²) in [6.07, 6.45) is 2.02. The molecule has 5 heteroatoms. The summed E-state index contributed by atoms with van der Waals surface area (Å²) < 4.78 is 0. The predicted molar refractivity (Wildman–Crippen MR) is 107 cm³/mol. The predicted octanol–water partition coefficient (Wildman–Crippen LogP) is 5.43. The largest absolute Gasteiger partial charge is 0.361 e. The maximum absolute atomic E-state index is 6.52. The summed E-state index contributed by atoms with van der Waals surface area (Å²) in [4.78, 5) is 12.4. The molecule has 0 radical (unpaired) electrons. The summed E-state index contributed by atoms with van der Waals surface area (Å²) in [5, 5.41) is 5.34. The maximum atomic E-state index is 6.52. The second-order valence-electron chi connectivity index (χ2n) is 6.36. The highest BCUT2D eigenvalue weighted by atomic mass is 35.5. The van der Waals surface area contributed by atoms with Gasteiger partial charge in [0, 0.05) is 39.1 Å². The normalized spacial score (nSPS) is 12.3.